The molecule has 0 atom stereocenters. The number of nitrogens with one attached hydrogen (secondary N) is 1. The molecule has 90 valence electrons. The van der Waals surface area contributed by atoms with Gasteiger partial charge >= 0.3 is 0 Å². The Morgan fingerprint density at radius 3 is 2.78 bits per heavy atom. The smallest absolute Gasteiger partial charge is 0.148 e. The molecule has 0 unspecified atom stereocenters. The van der Waals surface area contributed by atoms with Crippen molar-refractivity contribution in [2.75, 3.05) is 5.32 Å². The van der Waals surface area contributed by atoms with Crippen molar-refractivity contribution in [3.05, 3.63) is 53.0 Å². The van der Waals surface area contributed by atoms with Crippen LogP contribution in [0.4, 0.5) is 15.9 Å². The van der Waals surface area contributed by atoms with E-state index >= 15 is 0 Å². The molecule has 0 radical (unpaired) electrons. The fraction of sp³-hybridized carbons (Fsp3) is 0.143. The van der Waals surface area contributed by atoms with Crippen molar-refractivity contribution in [2.24, 2.45) is 0 Å². The third-order valence-electron chi connectivity index (χ3n) is 2.65. The molecule has 1 aromatic carbocycles. The van der Waals surface area contributed by atoms with E-state index < -0.39 is 0 Å². The van der Waals surface area contributed by atoms with Crippen molar-refractivity contribution in [3.63, 3.8) is 0 Å². The Morgan fingerprint density at radius 2 is 2.06 bits per heavy atom. The number of halogens is 1. The van der Waals surface area contributed by atoms with Crippen LogP contribution in [-0.2, 0) is 0 Å². The molecular formula is C14H12FN3. The number of benzene rings is 1. The fourth-order valence-electron chi connectivity index (χ4n) is 1.66. The maximum atomic E-state index is 13.6. The first-order valence-corrected chi connectivity index (χ1v) is 5.50. The zero-order valence-corrected chi connectivity index (χ0v) is 10.2. The Hall–Kier alpha value is -2.41. The van der Waals surface area contributed by atoms with Crippen molar-refractivity contribution in [1.82, 2.24) is 4.98 Å². The number of nitriles is 1. The third-order valence-corrected chi connectivity index (χ3v) is 2.65. The van der Waals surface area contributed by atoms with Crippen LogP contribution in [-0.4, -0.2) is 4.98 Å². The van der Waals surface area contributed by atoms with Gasteiger partial charge in [-0.05, 0) is 43.2 Å². The van der Waals surface area contributed by atoms with Gasteiger partial charge in [0, 0.05) is 6.20 Å². The molecule has 0 spiro atoms. The van der Waals surface area contributed by atoms with Gasteiger partial charge in [0.05, 0.1) is 11.3 Å². The van der Waals surface area contributed by atoms with Crippen LogP contribution in [0.2, 0.25) is 0 Å². The quantitative estimate of drug-likeness (QED) is 0.876. The van der Waals surface area contributed by atoms with Crippen molar-refractivity contribution < 1.29 is 4.39 Å². The van der Waals surface area contributed by atoms with Crippen LogP contribution in [0, 0.1) is 31.0 Å². The molecule has 1 aromatic heterocycles. The number of aromatic nitrogens is 1. The minimum Gasteiger partial charge on any atom is -0.337 e. The lowest BCUT2D eigenvalue weighted by Gasteiger charge is -2.10. The highest BCUT2D eigenvalue weighted by molar-refractivity contribution is 5.65. The maximum Gasteiger partial charge on any atom is 0.148 e. The molecule has 18 heavy (non-hydrogen) atoms. The number of hydrogen-bond donors (Lipinski definition) is 1. The number of hydrogen-bond acceptors (Lipinski definition) is 3. The van der Waals surface area contributed by atoms with Gasteiger partial charge in [0.15, 0.2) is 0 Å². The summed E-state index contributed by atoms with van der Waals surface area (Å²) < 4.78 is 13.6. The first kappa shape index (κ1) is 12.1. The zero-order chi connectivity index (χ0) is 13.1. The highest BCUT2D eigenvalue weighted by Gasteiger charge is 2.09. The monoisotopic (exact) mass is 241 g/mol. The van der Waals surface area contributed by atoms with Crippen LogP contribution in [0.1, 0.15) is 16.7 Å². The number of anilines is 2. The van der Waals surface area contributed by atoms with Gasteiger partial charge < -0.3 is 5.32 Å². The first-order valence-electron chi connectivity index (χ1n) is 5.50. The molecule has 0 aliphatic rings. The minimum absolute atomic E-state index is 0.324. The van der Waals surface area contributed by atoms with Crippen LogP contribution < -0.4 is 5.32 Å². The molecule has 1 N–H and O–H groups in total. The zero-order valence-electron chi connectivity index (χ0n) is 10.2. The predicted molar refractivity (Wildman–Crippen MR) is 68.1 cm³/mol. The van der Waals surface area contributed by atoms with Crippen molar-refractivity contribution in [3.8, 4) is 6.07 Å². The molecule has 0 saturated heterocycles. The predicted octanol–water partition coefficient (Wildman–Crippen LogP) is 3.45. The summed E-state index contributed by atoms with van der Waals surface area (Å²) in [6, 6.07) is 8.58. The Bertz CT molecular complexity index is 629. The summed E-state index contributed by atoms with van der Waals surface area (Å²) >= 11 is 0. The molecule has 0 bridgehead atoms. The van der Waals surface area contributed by atoms with Crippen molar-refractivity contribution in [1.29, 1.82) is 5.26 Å². The molecule has 0 amide bonds. The maximum absolute atomic E-state index is 13.6. The lowest BCUT2D eigenvalue weighted by molar-refractivity contribution is 0.631. The standard InChI is InChI=1S/C14H12FN3/c1-9-3-4-12(15)13(7-9)18-14-11(8-16)10(2)5-6-17-14/h3-7H,1-2H3,(H,17,18). The Morgan fingerprint density at radius 1 is 1.28 bits per heavy atom. The number of pyridine rings is 1. The minimum atomic E-state index is -0.368. The second-order valence-electron chi connectivity index (χ2n) is 4.07. The van der Waals surface area contributed by atoms with Gasteiger partial charge in [0.25, 0.3) is 0 Å². The van der Waals surface area contributed by atoms with E-state index in [-0.39, 0.29) is 5.82 Å². The Labute approximate surface area is 105 Å². The molecule has 0 fully saturated rings. The lowest BCUT2D eigenvalue weighted by atomic mass is 10.1. The van der Waals surface area contributed by atoms with Gasteiger partial charge in [-0.1, -0.05) is 6.07 Å². The molecule has 3 nitrogen and oxygen atoms in total. The van der Waals surface area contributed by atoms with Crippen LogP contribution in [0.5, 0.6) is 0 Å². The Kier molecular flexibility index (Phi) is 3.24. The summed E-state index contributed by atoms with van der Waals surface area (Å²) in [5.41, 5.74) is 2.50. The molecule has 2 rings (SSSR count). The molecular weight excluding hydrogens is 229 g/mol. The summed E-state index contributed by atoms with van der Waals surface area (Å²) in [5, 5.41) is 11.9. The van der Waals surface area contributed by atoms with Crippen LogP contribution in [0.15, 0.2) is 30.5 Å². The second-order valence-corrected chi connectivity index (χ2v) is 4.07. The molecule has 1 heterocycles. The van der Waals surface area contributed by atoms with Gasteiger partial charge in [0.2, 0.25) is 0 Å². The first-order chi connectivity index (χ1) is 8.61. The average molecular weight is 241 g/mol. The van der Waals surface area contributed by atoms with E-state index in [1.807, 2.05) is 13.8 Å². The van der Waals surface area contributed by atoms with Gasteiger partial charge in [0.1, 0.15) is 17.7 Å². The lowest BCUT2D eigenvalue weighted by Crippen LogP contribution is -2.00. The third kappa shape index (κ3) is 2.30. The van der Waals surface area contributed by atoms with Crippen molar-refractivity contribution in [2.45, 2.75) is 13.8 Å². The SMILES string of the molecule is Cc1ccc(F)c(Nc2nccc(C)c2C#N)c1. The van der Waals surface area contributed by atoms with E-state index in [9.17, 15) is 4.39 Å². The number of aryl methyl sites for hydroxylation is 2. The number of nitrogens with zero attached hydrogens (tertiary/aromatic N) is 2. The summed E-state index contributed by atoms with van der Waals surface area (Å²) in [6.45, 7) is 3.69. The van der Waals surface area contributed by atoms with Crippen molar-refractivity contribution >= 4 is 11.5 Å². The largest absolute Gasteiger partial charge is 0.337 e. The summed E-state index contributed by atoms with van der Waals surface area (Å²) in [5.74, 6) is 0.00907. The van der Waals surface area contributed by atoms with E-state index in [0.29, 0.717) is 17.1 Å². The highest BCUT2D eigenvalue weighted by atomic mass is 19.1. The van der Waals surface area contributed by atoms with Crippen LogP contribution >= 0.6 is 0 Å². The van der Waals surface area contributed by atoms with Gasteiger partial charge in [-0.3, -0.25) is 0 Å². The highest BCUT2D eigenvalue weighted by Crippen LogP contribution is 2.23. The van der Waals surface area contributed by atoms with Gasteiger partial charge in [-0.15, -0.1) is 0 Å². The van der Waals surface area contributed by atoms with Crippen LogP contribution in [0.3, 0.4) is 0 Å². The number of rotatable bonds is 2. The van der Waals surface area contributed by atoms with E-state index in [2.05, 4.69) is 16.4 Å². The molecule has 4 heteroatoms. The normalized spacial score (nSPS) is 9.89. The van der Waals surface area contributed by atoms with E-state index in [0.717, 1.165) is 11.1 Å². The van der Waals surface area contributed by atoms with Gasteiger partial charge in [-0.2, -0.15) is 5.26 Å². The van der Waals surface area contributed by atoms with Crippen LogP contribution in [0.25, 0.3) is 0 Å². The van der Waals surface area contributed by atoms with E-state index in [1.54, 1.807) is 24.4 Å². The fourth-order valence-corrected chi connectivity index (χ4v) is 1.66. The molecule has 0 saturated carbocycles. The van der Waals surface area contributed by atoms with Gasteiger partial charge in [-0.25, -0.2) is 9.37 Å². The topological polar surface area (TPSA) is 48.7 Å². The summed E-state index contributed by atoms with van der Waals surface area (Å²) in [4.78, 5) is 4.08. The van der Waals surface area contributed by atoms with E-state index in [1.165, 1.54) is 6.07 Å². The second kappa shape index (κ2) is 4.84. The Balaban J connectivity index is 2.44. The summed E-state index contributed by atoms with van der Waals surface area (Å²) in [7, 11) is 0. The molecule has 2 aromatic rings. The average Bonchev–Trinajstić information content (AvgIpc) is 2.34. The summed E-state index contributed by atoms with van der Waals surface area (Å²) in [6.07, 6.45) is 1.59. The van der Waals surface area contributed by atoms with E-state index in [4.69, 9.17) is 5.26 Å². The molecule has 0 aliphatic heterocycles. The molecule has 0 aliphatic carbocycles.